The third-order valence-corrected chi connectivity index (χ3v) is 6.80. The molecular weight excluding hydrogens is 457 g/mol. The van der Waals surface area contributed by atoms with Gasteiger partial charge in [0.2, 0.25) is 0 Å². The van der Waals surface area contributed by atoms with Crippen molar-refractivity contribution in [2.45, 2.75) is 6.54 Å². The van der Waals surface area contributed by atoms with E-state index in [9.17, 15) is 4.39 Å². The molecule has 0 aliphatic heterocycles. The lowest BCUT2D eigenvalue weighted by atomic mass is 10.1. The minimum Gasteiger partial charge on any atom is -0.342 e. The fraction of sp³-hybridized carbons (Fsp3) is 0.0357. The lowest BCUT2D eigenvalue weighted by Gasteiger charge is -2.05. The molecule has 6 aromatic rings. The van der Waals surface area contributed by atoms with Crippen molar-refractivity contribution in [3.8, 4) is 11.1 Å². The van der Waals surface area contributed by atoms with E-state index in [-0.39, 0.29) is 5.82 Å². The average Bonchev–Trinajstić information content (AvgIpc) is 3.49. The smallest absolute Gasteiger partial charge is 0.159 e. The molecular formula is C28H20FN5S. The molecule has 0 amide bonds. The van der Waals surface area contributed by atoms with Crippen molar-refractivity contribution in [3.05, 3.63) is 114 Å². The zero-order valence-electron chi connectivity index (χ0n) is 18.6. The van der Waals surface area contributed by atoms with E-state index < -0.39 is 0 Å². The predicted octanol–water partition coefficient (Wildman–Crippen LogP) is 6.95. The summed E-state index contributed by atoms with van der Waals surface area (Å²) in [6, 6.07) is 25.0. The molecule has 0 aliphatic carbocycles. The number of hydrogen-bond acceptors (Lipinski definition) is 5. The molecule has 5 nitrogen and oxygen atoms in total. The van der Waals surface area contributed by atoms with Gasteiger partial charge in [-0.1, -0.05) is 60.7 Å². The van der Waals surface area contributed by atoms with Crippen LogP contribution in [-0.2, 0) is 6.54 Å². The molecule has 3 aromatic heterocycles. The minimum atomic E-state index is -0.232. The molecule has 0 saturated carbocycles. The summed E-state index contributed by atoms with van der Waals surface area (Å²) in [6.07, 6.45) is 5.43. The largest absolute Gasteiger partial charge is 0.342 e. The van der Waals surface area contributed by atoms with Crippen molar-refractivity contribution < 1.29 is 4.39 Å². The van der Waals surface area contributed by atoms with E-state index in [0.717, 1.165) is 43.4 Å². The number of fused-ring (bicyclic) bond motifs is 2. The van der Waals surface area contributed by atoms with Crippen LogP contribution in [0.4, 0.5) is 10.2 Å². The van der Waals surface area contributed by atoms with Gasteiger partial charge in [-0.25, -0.2) is 14.4 Å². The van der Waals surface area contributed by atoms with Crippen molar-refractivity contribution in [3.63, 3.8) is 0 Å². The van der Waals surface area contributed by atoms with Crippen LogP contribution in [0.1, 0.15) is 11.1 Å². The van der Waals surface area contributed by atoms with E-state index in [2.05, 4.69) is 60.9 Å². The van der Waals surface area contributed by atoms with Gasteiger partial charge in [0.05, 0.1) is 11.6 Å². The molecule has 0 atom stereocenters. The first kappa shape index (κ1) is 21.2. The Kier molecular flexibility index (Phi) is 5.52. The number of aromatic nitrogens is 3. The van der Waals surface area contributed by atoms with Gasteiger partial charge in [-0.2, -0.15) is 5.10 Å². The fourth-order valence-corrected chi connectivity index (χ4v) is 5.16. The highest BCUT2D eigenvalue weighted by molar-refractivity contribution is 7.17. The summed E-state index contributed by atoms with van der Waals surface area (Å²) in [6.45, 7) is 0.643. The summed E-state index contributed by atoms with van der Waals surface area (Å²) < 4.78 is 15.5. The Morgan fingerprint density at radius 1 is 0.943 bits per heavy atom. The molecule has 0 bridgehead atoms. The third kappa shape index (κ3) is 4.18. The van der Waals surface area contributed by atoms with Crippen LogP contribution in [0, 0.1) is 5.82 Å². The summed E-state index contributed by atoms with van der Waals surface area (Å²) >= 11 is 1.59. The van der Waals surface area contributed by atoms with Gasteiger partial charge in [-0.05, 0) is 29.3 Å². The summed E-state index contributed by atoms with van der Waals surface area (Å²) in [5.41, 5.74) is 8.44. The van der Waals surface area contributed by atoms with Gasteiger partial charge in [0.1, 0.15) is 17.0 Å². The topological polar surface area (TPSA) is 55.1 Å². The highest BCUT2D eigenvalue weighted by atomic mass is 32.1. The number of anilines is 1. The van der Waals surface area contributed by atoms with Crippen LogP contribution in [0.2, 0.25) is 0 Å². The number of hydrazone groups is 1. The van der Waals surface area contributed by atoms with Crippen LogP contribution in [0.3, 0.4) is 0 Å². The number of benzene rings is 3. The van der Waals surface area contributed by atoms with Crippen LogP contribution < -0.4 is 5.43 Å². The van der Waals surface area contributed by atoms with Crippen LogP contribution in [0.25, 0.3) is 32.2 Å². The standard InChI is InChI=1S/C28H20FN5S/c29-22-12-10-19(11-13-22)15-34-16-21(23-8-4-5-9-25(23)34)14-32-33-27-26-24(20-6-2-1-3-7-20)17-35-28(26)31-18-30-27/h1-14,16-18H,15H2,(H,30,31,33)/b32-14+. The Balaban J connectivity index is 1.32. The number of halogens is 1. The molecule has 0 aliphatic rings. The second-order valence-electron chi connectivity index (χ2n) is 8.14. The van der Waals surface area contributed by atoms with Crippen molar-refractivity contribution in [1.29, 1.82) is 0 Å². The van der Waals surface area contributed by atoms with Gasteiger partial charge in [-0.15, -0.1) is 11.3 Å². The van der Waals surface area contributed by atoms with E-state index in [1.54, 1.807) is 17.7 Å². The predicted molar refractivity (Wildman–Crippen MR) is 142 cm³/mol. The van der Waals surface area contributed by atoms with Crippen molar-refractivity contribution in [2.75, 3.05) is 5.43 Å². The molecule has 35 heavy (non-hydrogen) atoms. The zero-order valence-corrected chi connectivity index (χ0v) is 19.4. The maximum Gasteiger partial charge on any atom is 0.159 e. The second-order valence-corrected chi connectivity index (χ2v) is 9.00. The Hall–Kier alpha value is -4.36. The molecule has 3 aromatic carbocycles. The molecule has 7 heteroatoms. The van der Waals surface area contributed by atoms with Crippen LogP contribution >= 0.6 is 11.3 Å². The molecule has 170 valence electrons. The summed E-state index contributed by atoms with van der Waals surface area (Å²) in [5, 5.41) is 8.69. The van der Waals surface area contributed by atoms with Crippen LogP contribution in [0.5, 0.6) is 0 Å². The van der Waals surface area contributed by atoms with Gasteiger partial charge >= 0.3 is 0 Å². The highest BCUT2D eigenvalue weighted by Gasteiger charge is 2.13. The van der Waals surface area contributed by atoms with Crippen LogP contribution in [-0.4, -0.2) is 20.7 Å². The van der Waals surface area contributed by atoms with E-state index in [1.165, 1.54) is 12.1 Å². The van der Waals surface area contributed by atoms with Gasteiger partial charge in [0.25, 0.3) is 0 Å². The Labute approximate surface area is 205 Å². The molecule has 0 saturated heterocycles. The number of thiophene rings is 1. The number of nitrogens with one attached hydrogen (secondary N) is 1. The maximum atomic E-state index is 13.3. The first-order chi connectivity index (χ1) is 17.3. The third-order valence-electron chi connectivity index (χ3n) is 5.91. The monoisotopic (exact) mass is 477 g/mol. The summed E-state index contributed by atoms with van der Waals surface area (Å²) in [7, 11) is 0. The van der Waals surface area contributed by atoms with Gasteiger partial charge < -0.3 is 4.57 Å². The van der Waals surface area contributed by atoms with E-state index >= 15 is 0 Å². The maximum absolute atomic E-state index is 13.3. The van der Waals surface area contributed by atoms with Gasteiger partial charge in [0, 0.05) is 40.2 Å². The van der Waals surface area contributed by atoms with Crippen molar-refractivity contribution in [1.82, 2.24) is 14.5 Å². The first-order valence-corrected chi connectivity index (χ1v) is 12.0. The summed E-state index contributed by atoms with van der Waals surface area (Å²) in [5.74, 6) is 0.436. The first-order valence-electron chi connectivity index (χ1n) is 11.2. The normalized spacial score (nSPS) is 11.6. The Bertz CT molecular complexity index is 1650. The zero-order chi connectivity index (χ0) is 23.6. The number of rotatable bonds is 6. The number of nitrogens with zero attached hydrogens (tertiary/aromatic N) is 4. The van der Waals surface area contributed by atoms with E-state index in [0.29, 0.717) is 12.4 Å². The number of hydrogen-bond donors (Lipinski definition) is 1. The molecule has 0 spiro atoms. The highest BCUT2D eigenvalue weighted by Crippen LogP contribution is 2.36. The average molecular weight is 478 g/mol. The van der Waals surface area contributed by atoms with E-state index in [4.69, 9.17) is 0 Å². The lowest BCUT2D eigenvalue weighted by Crippen LogP contribution is -1.98. The summed E-state index contributed by atoms with van der Waals surface area (Å²) in [4.78, 5) is 9.80. The number of para-hydroxylation sites is 1. The Morgan fingerprint density at radius 2 is 1.74 bits per heavy atom. The molecule has 3 heterocycles. The SMILES string of the molecule is Fc1ccc(Cn2cc(/C=N/Nc3ncnc4scc(-c5ccccc5)c34)c3ccccc32)cc1. The quantitative estimate of drug-likeness (QED) is 0.209. The van der Waals surface area contributed by atoms with E-state index in [1.807, 2.05) is 48.7 Å². The fourth-order valence-electron chi connectivity index (χ4n) is 4.25. The Morgan fingerprint density at radius 3 is 2.60 bits per heavy atom. The van der Waals surface area contributed by atoms with Crippen molar-refractivity contribution >= 4 is 44.5 Å². The van der Waals surface area contributed by atoms with Crippen molar-refractivity contribution in [2.24, 2.45) is 5.10 Å². The molecule has 6 rings (SSSR count). The van der Waals surface area contributed by atoms with Crippen LogP contribution in [0.15, 0.2) is 102 Å². The molecule has 0 radical (unpaired) electrons. The minimum absolute atomic E-state index is 0.232. The molecule has 0 fully saturated rings. The van der Waals surface area contributed by atoms with Gasteiger partial charge in [0.15, 0.2) is 5.82 Å². The lowest BCUT2D eigenvalue weighted by molar-refractivity contribution is 0.626. The second kappa shape index (κ2) is 9.12. The van der Waals surface area contributed by atoms with Gasteiger partial charge in [-0.3, -0.25) is 5.43 Å². The molecule has 1 N–H and O–H groups in total. The molecule has 0 unspecified atom stereocenters.